The van der Waals surface area contributed by atoms with Crippen LogP contribution in [0.25, 0.3) is 0 Å². The normalized spacial score (nSPS) is 14.1. The Morgan fingerprint density at radius 3 is 2.32 bits per heavy atom. The molecule has 1 aliphatic rings. The minimum atomic E-state index is -0.441. The first kappa shape index (κ1) is 20.1. The van der Waals surface area contributed by atoms with E-state index in [2.05, 4.69) is 27.0 Å². The molecule has 0 aliphatic carbocycles. The molecule has 0 spiro atoms. The highest BCUT2D eigenvalue weighted by atomic mass is 32.2. The number of rotatable bonds is 6. The zero-order valence-corrected chi connectivity index (χ0v) is 16.9. The molecular weight excluding hydrogens is 376 g/mol. The van der Waals surface area contributed by atoms with Gasteiger partial charge in [0.25, 0.3) is 5.91 Å². The van der Waals surface area contributed by atoms with E-state index in [1.807, 2.05) is 38.1 Å². The van der Waals surface area contributed by atoms with Crippen molar-refractivity contribution in [3.8, 4) is 0 Å². The molecule has 0 N–H and O–H groups in total. The lowest BCUT2D eigenvalue weighted by Gasteiger charge is -2.36. The minimum absolute atomic E-state index is 0.0813. The van der Waals surface area contributed by atoms with E-state index < -0.39 is 5.97 Å². The van der Waals surface area contributed by atoms with Crippen LogP contribution >= 0.6 is 11.8 Å². The summed E-state index contributed by atoms with van der Waals surface area (Å²) in [6, 6.07) is 12.0. The number of piperazine rings is 1. The average Bonchev–Trinajstić information content (AvgIpc) is 2.70. The number of ether oxygens (including phenoxy) is 1. The predicted molar refractivity (Wildman–Crippen MR) is 108 cm³/mol. The van der Waals surface area contributed by atoms with Crippen molar-refractivity contribution >= 4 is 29.3 Å². The molecular formula is C20H24N4O3S. The highest BCUT2D eigenvalue weighted by Gasteiger charge is 2.22. The fraction of sp³-hybridized carbons (Fsp3) is 0.400. The molecule has 0 atom stereocenters. The van der Waals surface area contributed by atoms with Crippen molar-refractivity contribution in [2.45, 2.75) is 19.0 Å². The Morgan fingerprint density at radius 1 is 1.04 bits per heavy atom. The first-order valence-corrected chi connectivity index (χ1v) is 10.2. The number of hydrogen-bond acceptors (Lipinski definition) is 7. The standard InChI is InChI=1S/C20H24N4O3S/c1-15-12-16(2)22-20(21-15)28-14-19(26)27-13-18(25)24-10-8-23(9-11-24)17-6-4-3-5-7-17/h3-7,12H,8-11,13-14H2,1-2H3. The van der Waals surface area contributed by atoms with Gasteiger partial charge in [0.15, 0.2) is 11.8 Å². The van der Waals surface area contributed by atoms with Crippen LogP contribution in [0.5, 0.6) is 0 Å². The molecule has 1 fully saturated rings. The van der Waals surface area contributed by atoms with Crippen LogP contribution in [-0.2, 0) is 14.3 Å². The molecule has 0 unspecified atom stereocenters. The molecule has 1 aromatic heterocycles. The average molecular weight is 401 g/mol. The van der Waals surface area contributed by atoms with Gasteiger partial charge in [-0.15, -0.1) is 0 Å². The van der Waals surface area contributed by atoms with E-state index in [9.17, 15) is 9.59 Å². The smallest absolute Gasteiger partial charge is 0.316 e. The van der Waals surface area contributed by atoms with Crippen LogP contribution in [0.15, 0.2) is 41.6 Å². The fourth-order valence-electron chi connectivity index (χ4n) is 3.01. The number of hydrogen-bond donors (Lipinski definition) is 0. The Balaban J connectivity index is 1.39. The van der Waals surface area contributed by atoms with Crippen molar-refractivity contribution in [2.75, 3.05) is 43.4 Å². The van der Waals surface area contributed by atoms with Crippen LogP contribution in [-0.4, -0.2) is 65.3 Å². The topological polar surface area (TPSA) is 75.6 Å². The molecule has 3 rings (SSSR count). The Kier molecular flexibility index (Phi) is 6.86. The van der Waals surface area contributed by atoms with Crippen molar-refractivity contribution < 1.29 is 14.3 Å². The van der Waals surface area contributed by atoms with Crippen molar-refractivity contribution in [3.63, 3.8) is 0 Å². The third-order valence-corrected chi connectivity index (χ3v) is 5.21. The molecule has 2 heterocycles. The van der Waals surface area contributed by atoms with E-state index in [1.54, 1.807) is 4.90 Å². The molecule has 7 nitrogen and oxygen atoms in total. The van der Waals surface area contributed by atoms with Crippen LogP contribution in [0.1, 0.15) is 11.4 Å². The molecule has 8 heteroatoms. The van der Waals surface area contributed by atoms with Gasteiger partial charge >= 0.3 is 5.97 Å². The molecule has 148 valence electrons. The summed E-state index contributed by atoms with van der Waals surface area (Å²) in [5.74, 6) is -0.518. The van der Waals surface area contributed by atoms with Crippen LogP contribution < -0.4 is 4.90 Å². The zero-order valence-electron chi connectivity index (χ0n) is 16.1. The van der Waals surface area contributed by atoms with Gasteiger partial charge in [0, 0.05) is 43.3 Å². The number of para-hydroxylation sites is 1. The molecule has 1 aliphatic heterocycles. The molecule has 0 radical (unpaired) electrons. The maximum absolute atomic E-state index is 12.3. The van der Waals surface area contributed by atoms with E-state index in [1.165, 1.54) is 11.8 Å². The summed E-state index contributed by atoms with van der Waals surface area (Å²) in [6.07, 6.45) is 0. The number of nitrogens with zero attached hydrogens (tertiary/aromatic N) is 4. The van der Waals surface area contributed by atoms with Crippen molar-refractivity contribution in [2.24, 2.45) is 0 Å². The third kappa shape index (κ3) is 5.69. The first-order valence-electron chi connectivity index (χ1n) is 9.20. The molecule has 1 amide bonds. The summed E-state index contributed by atoms with van der Waals surface area (Å²) in [5, 5.41) is 0.540. The number of aromatic nitrogens is 2. The van der Waals surface area contributed by atoms with Crippen LogP contribution in [0, 0.1) is 13.8 Å². The fourth-order valence-corrected chi connectivity index (χ4v) is 3.76. The Hall–Kier alpha value is -2.61. The van der Waals surface area contributed by atoms with E-state index in [0.717, 1.165) is 30.2 Å². The van der Waals surface area contributed by atoms with Gasteiger partial charge in [-0.3, -0.25) is 9.59 Å². The van der Waals surface area contributed by atoms with E-state index in [-0.39, 0.29) is 18.3 Å². The minimum Gasteiger partial charge on any atom is -0.455 e. The van der Waals surface area contributed by atoms with Crippen LogP contribution in [0.4, 0.5) is 5.69 Å². The monoisotopic (exact) mass is 400 g/mol. The van der Waals surface area contributed by atoms with Gasteiger partial charge in [0.2, 0.25) is 0 Å². The lowest BCUT2D eigenvalue weighted by atomic mass is 10.2. The highest BCUT2D eigenvalue weighted by molar-refractivity contribution is 7.99. The molecule has 28 heavy (non-hydrogen) atoms. The summed E-state index contributed by atoms with van der Waals surface area (Å²) in [5.41, 5.74) is 2.87. The number of benzene rings is 1. The Morgan fingerprint density at radius 2 is 1.68 bits per heavy atom. The maximum atomic E-state index is 12.3. The first-order chi connectivity index (χ1) is 13.5. The second-order valence-corrected chi connectivity index (χ2v) is 7.53. The van der Waals surface area contributed by atoms with Crippen molar-refractivity contribution in [1.82, 2.24) is 14.9 Å². The molecule has 1 aromatic carbocycles. The SMILES string of the molecule is Cc1cc(C)nc(SCC(=O)OCC(=O)N2CCN(c3ccccc3)CC2)n1. The second kappa shape index (κ2) is 9.54. The summed E-state index contributed by atoms with van der Waals surface area (Å²) in [6.45, 7) is 6.32. The van der Waals surface area contributed by atoms with Crippen LogP contribution in [0.2, 0.25) is 0 Å². The highest BCUT2D eigenvalue weighted by Crippen LogP contribution is 2.16. The molecule has 2 aromatic rings. The van der Waals surface area contributed by atoms with Gasteiger partial charge in [-0.1, -0.05) is 30.0 Å². The van der Waals surface area contributed by atoms with E-state index in [4.69, 9.17) is 4.74 Å². The summed E-state index contributed by atoms with van der Waals surface area (Å²) >= 11 is 1.21. The van der Waals surface area contributed by atoms with Crippen LogP contribution in [0.3, 0.4) is 0 Å². The Bertz CT molecular complexity index is 803. The lowest BCUT2D eigenvalue weighted by Crippen LogP contribution is -2.49. The maximum Gasteiger partial charge on any atom is 0.316 e. The quantitative estimate of drug-likeness (QED) is 0.417. The largest absolute Gasteiger partial charge is 0.455 e. The summed E-state index contributed by atoms with van der Waals surface area (Å²) in [4.78, 5) is 36.8. The van der Waals surface area contributed by atoms with Gasteiger partial charge in [-0.05, 0) is 32.0 Å². The van der Waals surface area contributed by atoms with E-state index >= 15 is 0 Å². The van der Waals surface area contributed by atoms with Gasteiger partial charge in [-0.25, -0.2) is 9.97 Å². The number of esters is 1. The zero-order chi connectivity index (χ0) is 19.9. The van der Waals surface area contributed by atoms with Gasteiger partial charge in [0.05, 0.1) is 5.75 Å². The van der Waals surface area contributed by atoms with Gasteiger partial charge in [-0.2, -0.15) is 0 Å². The molecule has 0 saturated carbocycles. The predicted octanol–water partition coefficient (Wildman–Crippen LogP) is 2.08. The Labute approximate surface area is 169 Å². The van der Waals surface area contributed by atoms with E-state index in [0.29, 0.717) is 18.2 Å². The third-order valence-electron chi connectivity index (χ3n) is 4.39. The number of amides is 1. The molecule has 1 saturated heterocycles. The second-order valence-electron chi connectivity index (χ2n) is 6.59. The lowest BCUT2D eigenvalue weighted by molar-refractivity contribution is -0.150. The number of carbonyl (C=O) groups is 2. The number of aryl methyl sites for hydroxylation is 2. The molecule has 0 bridgehead atoms. The number of anilines is 1. The van der Waals surface area contributed by atoms with Crippen molar-refractivity contribution in [1.29, 1.82) is 0 Å². The number of carbonyl (C=O) groups excluding carboxylic acids is 2. The summed E-state index contributed by atoms with van der Waals surface area (Å²) in [7, 11) is 0. The number of thioether (sulfide) groups is 1. The summed E-state index contributed by atoms with van der Waals surface area (Å²) < 4.78 is 5.13. The van der Waals surface area contributed by atoms with Crippen molar-refractivity contribution in [3.05, 3.63) is 47.8 Å². The van der Waals surface area contributed by atoms with Gasteiger partial charge in [0.1, 0.15) is 0 Å². The van der Waals surface area contributed by atoms with Gasteiger partial charge < -0.3 is 14.5 Å².